The first-order valence-electron chi connectivity index (χ1n) is 10.3. The van der Waals surface area contributed by atoms with Crippen molar-refractivity contribution in [2.45, 2.75) is 32.3 Å². The lowest BCUT2D eigenvalue weighted by molar-refractivity contribution is -0.143. The van der Waals surface area contributed by atoms with Crippen LogP contribution in [0.2, 0.25) is 0 Å². The Hall–Kier alpha value is -3.92. The molecule has 5 nitrogen and oxygen atoms in total. The molecule has 0 bridgehead atoms. The largest absolute Gasteiger partial charge is 0.480 e. The molecular weight excluding hydrogens is 428 g/mol. The van der Waals surface area contributed by atoms with E-state index in [4.69, 9.17) is 9.47 Å². The van der Waals surface area contributed by atoms with Crippen molar-refractivity contribution < 1.29 is 28.2 Å². The molecule has 3 aromatic rings. The topological polar surface area (TPSA) is 79.6 Å². The molecule has 7 heteroatoms. The van der Waals surface area contributed by atoms with E-state index in [-0.39, 0.29) is 23.5 Å². The monoisotopic (exact) mass is 451 g/mol. The third kappa shape index (κ3) is 4.96. The molecule has 0 aliphatic carbocycles. The number of hydrogen-bond donors (Lipinski definition) is 1. The van der Waals surface area contributed by atoms with E-state index in [1.54, 1.807) is 44.2 Å². The Bertz CT molecular complexity index is 1140. The van der Waals surface area contributed by atoms with Crippen LogP contribution in [-0.4, -0.2) is 17.7 Å². The van der Waals surface area contributed by atoms with Gasteiger partial charge in [0, 0.05) is 12.0 Å². The summed E-state index contributed by atoms with van der Waals surface area (Å²) in [5.41, 5.74) is -0.681. The Morgan fingerprint density at radius 2 is 1.64 bits per heavy atom. The summed E-state index contributed by atoms with van der Waals surface area (Å²) in [6, 6.07) is 22.1. The van der Waals surface area contributed by atoms with Crippen LogP contribution >= 0.6 is 0 Å². The second kappa shape index (κ2) is 10.1. The maximum absolute atomic E-state index is 13.2. The van der Waals surface area contributed by atoms with Crippen LogP contribution in [0.5, 0.6) is 17.2 Å². The highest BCUT2D eigenvalue weighted by atomic mass is 19.3. The Morgan fingerprint density at radius 3 is 2.15 bits per heavy atom. The lowest BCUT2D eigenvalue weighted by Crippen LogP contribution is -2.40. The molecule has 3 aromatic carbocycles. The third-order valence-corrected chi connectivity index (χ3v) is 5.43. The number of aliphatic carboxylic acids is 1. The first-order chi connectivity index (χ1) is 15.8. The van der Waals surface area contributed by atoms with Gasteiger partial charge < -0.3 is 14.6 Å². The molecule has 0 spiro atoms. The van der Waals surface area contributed by atoms with Gasteiger partial charge in [-0.3, -0.25) is 4.79 Å². The van der Waals surface area contributed by atoms with E-state index in [0.717, 1.165) is 5.56 Å². The highest BCUT2D eigenvalue weighted by Gasteiger charge is 2.46. The maximum atomic E-state index is 13.2. The van der Waals surface area contributed by atoms with Gasteiger partial charge in [-0.2, -0.15) is 14.0 Å². The van der Waals surface area contributed by atoms with Crippen molar-refractivity contribution in [3.05, 3.63) is 89.5 Å². The molecule has 0 saturated heterocycles. The molecule has 0 heterocycles. The predicted octanol–water partition coefficient (Wildman–Crippen LogP) is 6.17. The molecule has 0 aliphatic rings. The van der Waals surface area contributed by atoms with E-state index in [1.807, 2.05) is 36.4 Å². The van der Waals surface area contributed by atoms with Crippen molar-refractivity contribution in [3.8, 4) is 23.3 Å². The molecule has 1 atom stereocenters. The fraction of sp³-hybridized carbons (Fsp3) is 0.231. The molecule has 0 amide bonds. The molecule has 0 saturated carbocycles. The van der Waals surface area contributed by atoms with Crippen molar-refractivity contribution in [2.24, 2.45) is 5.92 Å². The molecular formula is C26H23F2NO4. The fourth-order valence-electron chi connectivity index (χ4n) is 3.77. The van der Waals surface area contributed by atoms with Gasteiger partial charge in [0.15, 0.2) is 16.9 Å². The van der Waals surface area contributed by atoms with Crippen LogP contribution in [0, 0.1) is 17.2 Å². The second-order valence-corrected chi connectivity index (χ2v) is 7.75. The number of para-hydroxylation sites is 1. The number of halogens is 2. The zero-order valence-electron chi connectivity index (χ0n) is 18.2. The van der Waals surface area contributed by atoms with E-state index < -0.39 is 23.9 Å². The van der Waals surface area contributed by atoms with E-state index in [2.05, 4.69) is 0 Å². The van der Waals surface area contributed by atoms with E-state index >= 15 is 0 Å². The van der Waals surface area contributed by atoms with Gasteiger partial charge in [-0.25, -0.2) is 0 Å². The number of carboxylic acid groups (broad SMARTS) is 1. The Kier molecular flexibility index (Phi) is 7.29. The molecule has 1 unspecified atom stereocenters. The number of carboxylic acids is 1. The van der Waals surface area contributed by atoms with Crippen LogP contribution in [0.3, 0.4) is 0 Å². The molecule has 0 fully saturated rings. The number of alkyl halides is 2. The quantitative estimate of drug-likeness (QED) is 0.421. The van der Waals surface area contributed by atoms with Crippen molar-refractivity contribution in [1.29, 1.82) is 5.26 Å². The smallest absolute Gasteiger partial charge is 0.387 e. The minimum Gasteiger partial charge on any atom is -0.480 e. The number of benzene rings is 3. The number of nitrogens with zero attached hydrogens (tertiary/aromatic N) is 1. The van der Waals surface area contributed by atoms with Crippen molar-refractivity contribution >= 4 is 5.97 Å². The highest BCUT2D eigenvalue weighted by molar-refractivity contribution is 5.87. The van der Waals surface area contributed by atoms with Gasteiger partial charge in [0.1, 0.15) is 5.75 Å². The van der Waals surface area contributed by atoms with Gasteiger partial charge in [0.2, 0.25) is 0 Å². The highest BCUT2D eigenvalue weighted by Crippen LogP contribution is 2.45. The second-order valence-electron chi connectivity index (χ2n) is 7.75. The van der Waals surface area contributed by atoms with Gasteiger partial charge in [-0.1, -0.05) is 68.4 Å². The van der Waals surface area contributed by atoms with Crippen LogP contribution in [0.1, 0.15) is 30.5 Å². The first-order valence-corrected chi connectivity index (χ1v) is 10.3. The Labute approximate surface area is 190 Å². The average Bonchev–Trinajstić information content (AvgIpc) is 2.78. The zero-order valence-corrected chi connectivity index (χ0v) is 18.2. The van der Waals surface area contributed by atoms with Gasteiger partial charge in [-0.05, 0) is 35.2 Å². The summed E-state index contributed by atoms with van der Waals surface area (Å²) in [5.74, 6) is -1.90. The zero-order chi connectivity index (χ0) is 24.0. The molecule has 1 N–H and O–H groups in total. The summed E-state index contributed by atoms with van der Waals surface area (Å²) in [7, 11) is 0. The predicted molar refractivity (Wildman–Crippen MR) is 119 cm³/mol. The van der Waals surface area contributed by atoms with Crippen molar-refractivity contribution in [2.75, 3.05) is 0 Å². The van der Waals surface area contributed by atoms with Crippen LogP contribution < -0.4 is 9.47 Å². The van der Waals surface area contributed by atoms with Crippen LogP contribution in [-0.2, 0) is 16.6 Å². The van der Waals surface area contributed by atoms with Crippen LogP contribution in [0.25, 0.3) is 0 Å². The minimum absolute atomic E-state index is 0.0515. The maximum Gasteiger partial charge on any atom is 0.387 e. The number of rotatable bonds is 9. The molecule has 3 rings (SSSR count). The molecule has 33 heavy (non-hydrogen) atoms. The minimum atomic E-state index is -3.12. The van der Waals surface area contributed by atoms with E-state index in [0.29, 0.717) is 11.3 Å². The number of carbonyl (C=O) groups is 1. The lowest BCUT2D eigenvalue weighted by Gasteiger charge is -2.30. The van der Waals surface area contributed by atoms with Gasteiger partial charge in [0.05, 0.1) is 6.07 Å². The summed E-state index contributed by atoms with van der Waals surface area (Å²) >= 11 is 0. The van der Waals surface area contributed by atoms with Gasteiger partial charge in [0.25, 0.3) is 0 Å². The fourth-order valence-corrected chi connectivity index (χ4v) is 3.77. The summed E-state index contributed by atoms with van der Waals surface area (Å²) in [6.07, 6.45) is 0.141. The van der Waals surface area contributed by atoms with Crippen LogP contribution in [0.4, 0.5) is 8.78 Å². The summed E-state index contributed by atoms with van der Waals surface area (Å²) in [6.45, 7) is 0.138. The Balaban J connectivity index is 2.34. The SMILES string of the molecule is CC(C)C(C#N)(C(=O)O)c1ccc(OC(F)F)c(Oc2ccccc2)c1Cc1ccccc1. The molecule has 0 aliphatic heterocycles. The normalized spacial score (nSPS) is 12.8. The first kappa shape index (κ1) is 23.7. The number of hydrogen-bond acceptors (Lipinski definition) is 4. The van der Waals surface area contributed by atoms with Gasteiger partial charge in [-0.15, -0.1) is 0 Å². The standard InChI is InChI=1S/C26H23F2NO4/c1-17(2)26(16-29,24(30)31)21-13-14-22(33-25(27)28)23(32-19-11-7-4-8-12-19)20(21)15-18-9-5-3-6-10-18/h3-14,17,25H,15H2,1-2H3,(H,30,31). The van der Waals surface area contributed by atoms with Crippen LogP contribution in [0.15, 0.2) is 72.8 Å². The third-order valence-electron chi connectivity index (χ3n) is 5.43. The number of nitriles is 1. The van der Waals surface area contributed by atoms with Crippen molar-refractivity contribution in [1.82, 2.24) is 0 Å². The molecule has 0 radical (unpaired) electrons. The summed E-state index contributed by atoms with van der Waals surface area (Å²) in [5, 5.41) is 20.2. The molecule has 0 aromatic heterocycles. The molecule has 170 valence electrons. The summed E-state index contributed by atoms with van der Waals surface area (Å²) in [4.78, 5) is 12.4. The summed E-state index contributed by atoms with van der Waals surface area (Å²) < 4.78 is 37.2. The Morgan fingerprint density at radius 1 is 1.03 bits per heavy atom. The van der Waals surface area contributed by atoms with Crippen molar-refractivity contribution in [3.63, 3.8) is 0 Å². The van der Waals surface area contributed by atoms with Gasteiger partial charge >= 0.3 is 12.6 Å². The van der Waals surface area contributed by atoms with E-state index in [9.17, 15) is 23.9 Å². The average molecular weight is 451 g/mol. The number of ether oxygens (including phenoxy) is 2. The lowest BCUT2D eigenvalue weighted by atomic mass is 9.70. The van der Waals surface area contributed by atoms with E-state index in [1.165, 1.54) is 12.1 Å².